The number of nitrogens with one attached hydrogen (secondary N) is 1. The van der Waals surface area contributed by atoms with Crippen LogP contribution in [-0.2, 0) is 14.3 Å². The van der Waals surface area contributed by atoms with Crippen LogP contribution in [0.4, 0.5) is 15.8 Å². The second kappa shape index (κ2) is 20.0. The smallest absolute Gasteiger partial charge is 0.219 e. The van der Waals surface area contributed by atoms with Crippen LogP contribution in [0.15, 0.2) is 91.0 Å². The largest absolute Gasteiger partial charge is 0.508 e. The lowest BCUT2D eigenvalue weighted by atomic mass is 9.76. The Morgan fingerprint density at radius 1 is 0.930 bits per heavy atom. The summed E-state index contributed by atoms with van der Waals surface area (Å²) in [5, 5.41) is 12.5. The number of likely N-dealkylation sites (tertiary alicyclic amines) is 1. The molecule has 0 saturated carbocycles. The zero-order valence-electron chi connectivity index (χ0n) is 33.5. The third-order valence-electron chi connectivity index (χ3n) is 12.0. The first kappa shape index (κ1) is 41.7. The van der Waals surface area contributed by atoms with Crippen molar-refractivity contribution < 1.29 is 28.6 Å². The number of unbranched alkanes of at least 4 members (excludes halogenated alkanes) is 1. The monoisotopic (exact) mass is 778 g/mol. The molecule has 0 radical (unpaired) electrons. The summed E-state index contributed by atoms with van der Waals surface area (Å²) in [4.78, 5) is 25.0. The Labute approximate surface area is 337 Å². The second-order valence-corrected chi connectivity index (χ2v) is 15.8. The van der Waals surface area contributed by atoms with E-state index in [1.165, 1.54) is 35.7 Å². The van der Waals surface area contributed by atoms with E-state index in [-0.39, 0.29) is 34.9 Å². The predicted octanol–water partition coefficient (Wildman–Crippen LogP) is 8.17. The number of nitrogens with two attached hydrogens (primary N) is 1. The quantitative estimate of drug-likeness (QED) is 0.0933. The van der Waals surface area contributed by atoms with Crippen LogP contribution in [0, 0.1) is 5.82 Å². The Kier molecular flexibility index (Phi) is 14.6. The van der Waals surface area contributed by atoms with E-state index in [9.17, 15) is 19.1 Å². The number of phenolic OH excluding ortho intramolecular Hbond substituents is 1. The van der Waals surface area contributed by atoms with E-state index in [1.54, 1.807) is 25.2 Å². The molecule has 8 rings (SSSR count). The first-order valence-corrected chi connectivity index (χ1v) is 20.6. The van der Waals surface area contributed by atoms with E-state index in [2.05, 4.69) is 76.8 Å². The van der Waals surface area contributed by atoms with E-state index < -0.39 is 0 Å². The summed E-state index contributed by atoms with van der Waals surface area (Å²) in [6.45, 7) is 5.75. The molecule has 0 aromatic heterocycles. The average Bonchev–Trinajstić information content (AvgIpc) is 3.69. The lowest BCUT2D eigenvalue weighted by Gasteiger charge is -2.40. The molecule has 0 aliphatic carbocycles. The van der Waals surface area contributed by atoms with Crippen LogP contribution in [0.2, 0.25) is 0 Å². The maximum absolute atomic E-state index is 13.6. The number of aromatic hydroxyl groups is 1. The molecule has 2 unspecified atom stereocenters. The number of aldehydes is 1. The third kappa shape index (κ3) is 10.9. The number of carbonyl (C=O) groups excluding carboxylic acids is 2. The van der Waals surface area contributed by atoms with Gasteiger partial charge in [-0.2, -0.15) is 0 Å². The van der Waals surface area contributed by atoms with Gasteiger partial charge < -0.3 is 40.2 Å². The van der Waals surface area contributed by atoms with Crippen LogP contribution in [0.3, 0.4) is 0 Å². The minimum absolute atomic E-state index is 0.00292. The maximum Gasteiger partial charge on any atom is 0.219 e. The van der Waals surface area contributed by atoms with Crippen LogP contribution >= 0.6 is 0 Å². The summed E-state index contributed by atoms with van der Waals surface area (Å²) in [7, 11) is 3.69. The number of halogens is 1. The highest BCUT2D eigenvalue weighted by Gasteiger charge is 2.39. The number of hydrogen-bond acceptors (Lipinski definition) is 8. The van der Waals surface area contributed by atoms with E-state index >= 15 is 0 Å². The number of ether oxygens (including phenoxy) is 2. The predicted molar refractivity (Wildman–Crippen MR) is 225 cm³/mol. The van der Waals surface area contributed by atoms with Crippen LogP contribution in [0.25, 0.3) is 0 Å². The molecule has 3 saturated heterocycles. The van der Waals surface area contributed by atoms with Gasteiger partial charge in [-0.05, 0) is 118 Å². The molecule has 2 atom stereocenters. The molecule has 1 amide bonds. The zero-order valence-corrected chi connectivity index (χ0v) is 33.5. The van der Waals surface area contributed by atoms with Gasteiger partial charge in [-0.15, -0.1) is 0 Å². The van der Waals surface area contributed by atoms with Gasteiger partial charge in [-0.1, -0.05) is 54.6 Å². The van der Waals surface area contributed by atoms with Gasteiger partial charge in [-0.3, -0.25) is 4.79 Å². The molecule has 1 spiro atoms. The van der Waals surface area contributed by atoms with Gasteiger partial charge in [0.05, 0.1) is 12.2 Å². The summed E-state index contributed by atoms with van der Waals surface area (Å²) < 4.78 is 25.8. The fourth-order valence-corrected chi connectivity index (χ4v) is 8.68. The summed E-state index contributed by atoms with van der Waals surface area (Å²) in [6, 6.07) is 30.3. The number of fused-ring (bicyclic) bond motifs is 1. The number of piperidine rings is 2. The van der Waals surface area contributed by atoms with E-state index in [0.717, 1.165) is 81.6 Å². The number of anilines is 2. The Morgan fingerprint density at radius 3 is 2.30 bits per heavy atom. The van der Waals surface area contributed by atoms with Crippen LogP contribution < -0.4 is 20.7 Å². The van der Waals surface area contributed by atoms with E-state index in [0.29, 0.717) is 37.5 Å². The van der Waals surface area contributed by atoms with Gasteiger partial charge in [-0.25, -0.2) is 4.39 Å². The Bertz CT molecular complexity index is 1880. The molecule has 4 aromatic carbocycles. The van der Waals surface area contributed by atoms with Gasteiger partial charge >= 0.3 is 0 Å². The van der Waals surface area contributed by atoms with Gasteiger partial charge in [0, 0.05) is 74.4 Å². The first-order valence-electron chi connectivity index (χ1n) is 20.6. The van der Waals surface area contributed by atoms with Crippen molar-refractivity contribution in [2.45, 2.75) is 81.1 Å². The number of phenols is 1. The van der Waals surface area contributed by atoms with Crippen molar-refractivity contribution in [1.82, 2.24) is 10.2 Å². The molecule has 4 aliphatic heterocycles. The summed E-state index contributed by atoms with van der Waals surface area (Å²) in [5.74, 6) is 1.65. The first-order chi connectivity index (χ1) is 27.7. The van der Waals surface area contributed by atoms with Crippen molar-refractivity contribution >= 4 is 23.6 Å². The minimum Gasteiger partial charge on any atom is -0.508 e. The van der Waals surface area contributed by atoms with E-state index in [1.807, 2.05) is 12.1 Å². The fraction of sp³-hybridized carbons (Fsp3) is 0.447. The molecule has 0 bridgehead atoms. The number of rotatable bonds is 8. The van der Waals surface area contributed by atoms with Crippen molar-refractivity contribution in [1.29, 1.82) is 0 Å². The van der Waals surface area contributed by atoms with Crippen molar-refractivity contribution in [3.05, 3.63) is 119 Å². The highest BCUT2D eigenvalue weighted by molar-refractivity contribution is 5.75. The molecule has 3 fully saturated rings. The van der Waals surface area contributed by atoms with E-state index in [4.69, 9.17) is 15.2 Å². The molecule has 10 heteroatoms. The van der Waals surface area contributed by atoms with Gasteiger partial charge in [0.2, 0.25) is 5.91 Å². The average molecular weight is 779 g/mol. The summed E-state index contributed by atoms with van der Waals surface area (Å²) in [6.07, 6.45) is 9.17. The highest BCUT2D eigenvalue weighted by atomic mass is 19.1. The van der Waals surface area contributed by atoms with Crippen molar-refractivity contribution in [3.63, 3.8) is 0 Å². The van der Waals surface area contributed by atoms with Crippen LogP contribution in [0.5, 0.6) is 11.5 Å². The lowest BCUT2D eigenvalue weighted by Crippen LogP contribution is -2.44. The van der Waals surface area contributed by atoms with Crippen LogP contribution in [0.1, 0.15) is 97.8 Å². The normalized spacial score (nSPS) is 20.2. The molecule has 57 heavy (non-hydrogen) atoms. The van der Waals surface area contributed by atoms with Crippen molar-refractivity contribution in [2.24, 2.45) is 0 Å². The topological polar surface area (TPSA) is 117 Å². The third-order valence-corrected chi connectivity index (χ3v) is 12.0. The highest BCUT2D eigenvalue weighted by Crippen LogP contribution is 2.47. The zero-order chi connectivity index (χ0) is 40.2. The SMILES string of the molecule is CN1CCC(c2ccc(N)cc2F)CC1.CNC(=O)CCCC=O.Oc1ccc2c(c1)OCC(c1ccccc1)C2c1ccc(N2CCC3(CCCO3)CC2)cc1. The molecule has 4 aliphatic rings. The molecule has 4 heterocycles. The number of amides is 1. The number of nitrogen functional groups attached to an aromatic ring is 1. The van der Waals surface area contributed by atoms with Crippen molar-refractivity contribution in [3.8, 4) is 11.5 Å². The second-order valence-electron chi connectivity index (χ2n) is 15.8. The lowest BCUT2D eigenvalue weighted by molar-refractivity contribution is -0.120. The van der Waals surface area contributed by atoms with Gasteiger partial charge in [0.15, 0.2) is 0 Å². The Balaban J connectivity index is 0.000000189. The number of benzene rings is 4. The van der Waals surface area contributed by atoms with Crippen LogP contribution in [-0.4, -0.2) is 81.3 Å². The molecular weight excluding hydrogens is 720 g/mol. The minimum atomic E-state index is -0.149. The standard InChI is InChI=1S/C29H31NO3.C12H17FN2.C6H11NO2/c31-24-11-12-25-27(19-24)32-20-26(21-5-2-1-3-6-21)28(25)22-7-9-23(10-8-22)30-16-14-29(15-17-30)13-4-18-33-29;1-15-6-4-9(5-7-15)11-3-2-10(14)8-12(11)13;1-7-6(9)4-2-3-5-8/h1-3,5-12,19,26,28,31H,4,13-18,20H2;2-3,8-9H,4-7,14H2,1H3;5H,2-4H2,1H3,(H,7,9). The molecule has 9 nitrogen and oxygen atoms in total. The Morgan fingerprint density at radius 2 is 1.65 bits per heavy atom. The fourth-order valence-electron chi connectivity index (χ4n) is 8.68. The molecular formula is C47H59FN4O5. The number of nitrogens with zero attached hydrogens (tertiary/aromatic N) is 2. The summed E-state index contributed by atoms with van der Waals surface area (Å²) in [5.41, 5.74) is 12.0. The molecule has 4 N–H and O–H groups in total. The van der Waals surface area contributed by atoms with Crippen molar-refractivity contribution in [2.75, 3.05) is 64.1 Å². The number of hydrogen-bond donors (Lipinski definition) is 3. The maximum atomic E-state index is 13.6. The Hall–Kier alpha value is -4.93. The van der Waals surface area contributed by atoms with Gasteiger partial charge in [0.25, 0.3) is 0 Å². The summed E-state index contributed by atoms with van der Waals surface area (Å²) >= 11 is 0. The number of carbonyl (C=O) groups is 2. The molecule has 304 valence electrons. The van der Waals surface area contributed by atoms with Gasteiger partial charge in [0.1, 0.15) is 23.6 Å². The molecule has 4 aromatic rings.